The zero-order valence-electron chi connectivity index (χ0n) is 12.7. The van der Waals surface area contributed by atoms with Crippen LogP contribution in [0.5, 0.6) is 5.75 Å². The molecule has 2 nitrogen and oxygen atoms in total. The molecule has 0 heterocycles. The second-order valence-corrected chi connectivity index (χ2v) is 5.00. The van der Waals surface area contributed by atoms with Crippen molar-refractivity contribution >= 4 is 0 Å². The van der Waals surface area contributed by atoms with Gasteiger partial charge in [-0.1, -0.05) is 32.0 Å². The van der Waals surface area contributed by atoms with E-state index in [1.807, 2.05) is 31.2 Å². The Hall–Kier alpha value is -1.87. The average Bonchev–Trinajstić information content (AvgIpc) is 2.53. The number of hydrogen-bond donors (Lipinski definition) is 1. The van der Waals surface area contributed by atoms with Gasteiger partial charge in [-0.25, -0.2) is 4.39 Å². The van der Waals surface area contributed by atoms with Gasteiger partial charge in [0.15, 0.2) is 0 Å². The molecule has 0 bridgehead atoms. The van der Waals surface area contributed by atoms with Crippen molar-refractivity contribution in [2.75, 3.05) is 6.54 Å². The third-order valence-corrected chi connectivity index (χ3v) is 3.39. The van der Waals surface area contributed by atoms with Crippen LogP contribution in [0, 0.1) is 5.82 Å². The van der Waals surface area contributed by atoms with Crippen molar-refractivity contribution in [3.8, 4) is 5.75 Å². The van der Waals surface area contributed by atoms with Gasteiger partial charge in [-0.2, -0.15) is 0 Å². The first-order valence-corrected chi connectivity index (χ1v) is 7.42. The molecule has 0 aromatic heterocycles. The van der Waals surface area contributed by atoms with E-state index in [0.717, 1.165) is 30.8 Å². The normalized spacial score (nSPS) is 10.6. The highest BCUT2D eigenvalue weighted by molar-refractivity contribution is 5.30. The summed E-state index contributed by atoms with van der Waals surface area (Å²) >= 11 is 0. The molecule has 2 aromatic carbocycles. The van der Waals surface area contributed by atoms with E-state index < -0.39 is 0 Å². The van der Waals surface area contributed by atoms with Crippen molar-refractivity contribution in [3.63, 3.8) is 0 Å². The summed E-state index contributed by atoms with van der Waals surface area (Å²) in [6, 6.07) is 13.1. The van der Waals surface area contributed by atoms with Crippen molar-refractivity contribution in [1.82, 2.24) is 5.32 Å². The van der Waals surface area contributed by atoms with Crippen molar-refractivity contribution < 1.29 is 9.13 Å². The molecule has 3 heteroatoms. The van der Waals surface area contributed by atoms with Gasteiger partial charge >= 0.3 is 0 Å². The molecule has 0 amide bonds. The van der Waals surface area contributed by atoms with Crippen LogP contribution in [0.25, 0.3) is 0 Å². The van der Waals surface area contributed by atoms with Gasteiger partial charge in [0.25, 0.3) is 0 Å². The van der Waals surface area contributed by atoms with Gasteiger partial charge in [-0.15, -0.1) is 0 Å². The summed E-state index contributed by atoms with van der Waals surface area (Å²) in [5.41, 5.74) is 2.88. The number of hydrogen-bond acceptors (Lipinski definition) is 2. The lowest BCUT2D eigenvalue weighted by Crippen LogP contribution is -2.12. The Labute approximate surface area is 126 Å². The van der Waals surface area contributed by atoms with Crippen molar-refractivity contribution in [1.29, 1.82) is 0 Å². The third kappa shape index (κ3) is 4.57. The van der Waals surface area contributed by atoms with E-state index in [9.17, 15) is 4.39 Å². The van der Waals surface area contributed by atoms with E-state index >= 15 is 0 Å². The number of benzene rings is 2. The summed E-state index contributed by atoms with van der Waals surface area (Å²) < 4.78 is 19.6. The summed E-state index contributed by atoms with van der Waals surface area (Å²) in [7, 11) is 0. The summed E-state index contributed by atoms with van der Waals surface area (Å²) in [5, 5.41) is 3.24. The molecule has 0 saturated carbocycles. The highest BCUT2D eigenvalue weighted by Crippen LogP contribution is 2.17. The van der Waals surface area contributed by atoms with Crippen molar-refractivity contribution in [3.05, 3.63) is 65.0 Å². The molecule has 0 fully saturated rings. The minimum Gasteiger partial charge on any atom is -0.489 e. The molecule has 21 heavy (non-hydrogen) atoms. The van der Waals surface area contributed by atoms with Crippen LogP contribution in [-0.2, 0) is 19.6 Å². The van der Waals surface area contributed by atoms with Crippen LogP contribution >= 0.6 is 0 Å². The SMILES string of the molecule is CCNCc1ccc(F)c(COc2cccc(CC)c2)c1. The smallest absolute Gasteiger partial charge is 0.129 e. The molecule has 1 N–H and O–H groups in total. The number of ether oxygens (including phenoxy) is 1. The van der Waals surface area contributed by atoms with Gasteiger partial charge in [0.05, 0.1) is 0 Å². The van der Waals surface area contributed by atoms with E-state index in [0.29, 0.717) is 5.56 Å². The number of rotatable bonds is 7. The highest BCUT2D eigenvalue weighted by Gasteiger charge is 2.05. The second-order valence-electron chi connectivity index (χ2n) is 5.00. The molecule has 0 aliphatic heterocycles. The molecule has 0 atom stereocenters. The molecule has 0 radical (unpaired) electrons. The molecule has 0 spiro atoms. The van der Waals surface area contributed by atoms with E-state index in [2.05, 4.69) is 18.3 Å². The standard InChI is InChI=1S/C18H22FNO/c1-3-14-6-5-7-17(11-14)21-13-16-10-15(12-20-4-2)8-9-18(16)19/h5-11,20H,3-4,12-13H2,1-2H3. The Balaban J connectivity index is 2.04. The zero-order chi connectivity index (χ0) is 15.1. The third-order valence-electron chi connectivity index (χ3n) is 3.39. The lowest BCUT2D eigenvalue weighted by atomic mass is 10.1. The second kappa shape index (κ2) is 7.79. The largest absolute Gasteiger partial charge is 0.489 e. The predicted octanol–water partition coefficient (Wildman–Crippen LogP) is 4.08. The minimum atomic E-state index is -0.220. The molecule has 2 aromatic rings. The summed E-state index contributed by atoms with van der Waals surface area (Å²) in [5.74, 6) is 0.563. The van der Waals surface area contributed by atoms with Gasteiger partial charge in [0, 0.05) is 12.1 Å². The predicted molar refractivity (Wildman–Crippen MR) is 83.9 cm³/mol. The first-order chi connectivity index (χ1) is 10.2. The van der Waals surface area contributed by atoms with Crippen LogP contribution < -0.4 is 10.1 Å². The zero-order valence-corrected chi connectivity index (χ0v) is 12.7. The van der Waals surface area contributed by atoms with Crippen LogP contribution in [0.1, 0.15) is 30.5 Å². The Bertz CT molecular complexity index is 583. The molecular weight excluding hydrogens is 265 g/mol. The fraction of sp³-hybridized carbons (Fsp3) is 0.333. The highest BCUT2D eigenvalue weighted by atomic mass is 19.1. The first-order valence-electron chi connectivity index (χ1n) is 7.42. The molecule has 2 rings (SSSR count). The summed E-state index contributed by atoms with van der Waals surface area (Å²) in [6.07, 6.45) is 0.962. The Morgan fingerprint density at radius 2 is 1.90 bits per heavy atom. The van der Waals surface area contributed by atoms with Crippen molar-refractivity contribution in [2.24, 2.45) is 0 Å². The van der Waals surface area contributed by atoms with E-state index in [1.165, 1.54) is 11.6 Å². The summed E-state index contributed by atoms with van der Waals surface area (Å²) in [4.78, 5) is 0. The molecule has 0 unspecified atom stereocenters. The van der Waals surface area contributed by atoms with Gasteiger partial charge in [-0.3, -0.25) is 0 Å². The van der Waals surface area contributed by atoms with E-state index in [4.69, 9.17) is 4.74 Å². The average molecular weight is 287 g/mol. The minimum absolute atomic E-state index is 0.220. The lowest BCUT2D eigenvalue weighted by molar-refractivity contribution is 0.299. The van der Waals surface area contributed by atoms with Gasteiger partial charge in [0.2, 0.25) is 0 Å². The molecule has 0 aliphatic carbocycles. The van der Waals surface area contributed by atoms with Crippen LogP contribution in [-0.4, -0.2) is 6.54 Å². The fourth-order valence-electron chi connectivity index (χ4n) is 2.13. The maximum Gasteiger partial charge on any atom is 0.129 e. The number of aryl methyl sites for hydroxylation is 1. The van der Waals surface area contributed by atoms with Crippen LogP contribution in [0.4, 0.5) is 4.39 Å². The fourth-order valence-corrected chi connectivity index (χ4v) is 2.13. The maximum atomic E-state index is 13.8. The van der Waals surface area contributed by atoms with Crippen LogP contribution in [0.3, 0.4) is 0 Å². The van der Waals surface area contributed by atoms with Gasteiger partial charge < -0.3 is 10.1 Å². The van der Waals surface area contributed by atoms with Crippen LogP contribution in [0.2, 0.25) is 0 Å². The van der Waals surface area contributed by atoms with E-state index in [1.54, 1.807) is 6.07 Å². The Morgan fingerprint density at radius 1 is 1.05 bits per heavy atom. The first kappa shape index (κ1) is 15.5. The Kier molecular flexibility index (Phi) is 5.76. The van der Waals surface area contributed by atoms with Crippen LogP contribution in [0.15, 0.2) is 42.5 Å². The molecule has 112 valence electrons. The summed E-state index contributed by atoms with van der Waals surface area (Å²) in [6.45, 7) is 6.04. The molecule has 0 saturated heterocycles. The molecule has 0 aliphatic rings. The Morgan fingerprint density at radius 3 is 2.67 bits per heavy atom. The lowest BCUT2D eigenvalue weighted by Gasteiger charge is -2.10. The quantitative estimate of drug-likeness (QED) is 0.828. The van der Waals surface area contributed by atoms with Gasteiger partial charge in [0.1, 0.15) is 18.2 Å². The number of halogens is 1. The van der Waals surface area contributed by atoms with Crippen molar-refractivity contribution in [2.45, 2.75) is 33.4 Å². The van der Waals surface area contributed by atoms with E-state index in [-0.39, 0.29) is 12.4 Å². The number of nitrogens with one attached hydrogen (secondary N) is 1. The maximum absolute atomic E-state index is 13.8. The monoisotopic (exact) mass is 287 g/mol. The van der Waals surface area contributed by atoms with Gasteiger partial charge in [-0.05, 0) is 48.4 Å². The topological polar surface area (TPSA) is 21.3 Å². The molecular formula is C18H22FNO.